The molecule has 0 radical (unpaired) electrons. The smallest absolute Gasteiger partial charge is 0.281 e. The summed E-state index contributed by atoms with van der Waals surface area (Å²) in [6, 6.07) is 9.82. The lowest BCUT2D eigenvalue weighted by Gasteiger charge is -2.21. The predicted octanol–water partition coefficient (Wildman–Crippen LogP) is 1.47. The summed E-state index contributed by atoms with van der Waals surface area (Å²) < 4.78 is 27.5. The topological polar surface area (TPSA) is 86.7 Å². The van der Waals surface area contributed by atoms with Crippen LogP contribution in [0.5, 0.6) is 0 Å². The number of amides is 1. The number of nitrogens with zero attached hydrogens (tertiary/aromatic N) is 5. The van der Waals surface area contributed by atoms with E-state index in [0.29, 0.717) is 44.1 Å². The van der Waals surface area contributed by atoms with E-state index in [1.54, 1.807) is 4.90 Å². The molecule has 0 bridgehead atoms. The van der Waals surface area contributed by atoms with Crippen molar-refractivity contribution in [1.82, 2.24) is 18.6 Å². The lowest BCUT2D eigenvalue weighted by molar-refractivity contribution is -0.117. The van der Waals surface area contributed by atoms with Crippen molar-refractivity contribution < 1.29 is 13.2 Å². The lowest BCUT2D eigenvalue weighted by atomic mass is 10.1. The summed E-state index contributed by atoms with van der Waals surface area (Å²) >= 11 is 0. The average molecular weight is 416 g/mol. The van der Waals surface area contributed by atoms with Crippen molar-refractivity contribution >= 4 is 21.9 Å². The number of carbonyl (C=O) groups excluding carboxylic acids is 1. The molecule has 1 atom stereocenters. The maximum absolute atomic E-state index is 12.6. The number of benzene rings is 1. The van der Waals surface area contributed by atoms with Crippen LogP contribution in [0.1, 0.15) is 35.0 Å². The molecule has 0 N–H and O–H groups in total. The predicted molar refractivity (Wildman–Crippen MR) is 110 cm³/mol. The van der Waals surface area contributed by atoms with Gasteiger partial charge in [0.1, 0.15) is 11.6 Å². The van der Waals surface area contributed by atoms with Gasteiger partial charge in [0.25, 0.3) is 10.2 Å². The first kappa shape index (κ1) is 19.9. The van der Waals surface area contributed by atoms with Crippen molar-refractivity contribution in [3.8, 4) is 0 Å². The van der Waals surface area contributed by atoms with Gasteiger partial charge in [-0.2, -0.15) is 17.0 Å². The van der Waals surface area contributed by atoms with Gasteiger partial charge in [-0.15, -0.1) is 0 Å². The molecule has 0 unspecified atom stereocenters. The second-order valence-corrected chi connectivity index (χ2v) is 9.89. The number of hydrogen-bond acceptors (Lipinski definition) is 5. The zero-order chi connectivity index (χ0) is 20.8. The Morgan fingerprint density at radius 1 is 1.17 bits per heavy atom. The number of rotatable bonds is 5. The van der Waals surface area contributed by atoms with Gasteiger partial charge < -0.3 is 0 Å². The number of fused-ring (bicyclic) bond motifs is 1. The quantitative estimate of drug-likeness (QED) is 0.738. The van der Waals surface area contributed by atoms with Crippen LogP contribution in [0.15, 0.2) is 30.3 Å². The van der Waals surface area contributed by atoms with E-state index in [1.165, 1.54) is 22.7 Å². The van der Waals surface area contributed by atoms with Crippen LogP contribution >= 0.6 is 0 Å². The van der Waals surface area contributed by atoms with Crippen LogP contribution in [-0.4, -0.2) is 60.1 Å². The molecule has 3 heterocycles. The first-order valence-electron chi connectivity index (χ1n) is 9.66. The molecular formula is C20H25N5O3S. The van der Waals surface area contributed by atoms with Gasteiger partial charge in [0.05, 0.1) is 13.0 Å². The summed E-state index contributed by atoms with van der Waals surface area (Å²) in [6.45, 7) is 3.16. The molecule has 1 saturated heterocycles. The summed E-state index contributed by atoms with van der Waals surface area (Å²) in [4.78, 5) is 23.7. The van der Waals surface area contributed by atoms with E-state index in [-0.39, 0.29) is 11.8 Å². The van der Waals surface area contributed by atoms with Crippen molar-refractivity contribution in [3.05, 3.63) is 53.0 Å². The molecule has 8 nitrogen and oxygen atoms in total. The second kappa shape index (κ2) is 7.47. The molecule has 29 heavy (non-hydrogen) atoms. The first-order chi connectivity index (χ1) is 13.8. The molecule has 2 aliphatic heterocycles. The summed E-state index contributed by atoms with van der Waals surface area (Å²) in [7, 11) is -0.386. The van der Waals surface area contributed by atoms with Crippen molar-refractivity contribution in [2.75, 3.05) is 32.1 Å². The molecule has 0 saturated carbocycles. The number of anilines is 1. The standard InChI is InChI=1S/C20H25N5O3S/c1-14-17-11-18(26)25(12-15-7-5-4-6-8-15)20(17)22-19(21-14)16-9-10-24(13-16)29(27,28)23(2)3/h4-8,16H,9-13H2,1-3H3/t16-/m0/s1. The summed E-state index contributed by atoms with van der Waals surface area (Å²) in [5, 5.41) is 0. The molecule has 4 rings (SSSR count). The summed E-state index contributed by atoms with van der Waals surface area (Å²) in [5.41, 5.74) is 2.70. The van der Waals surface area contributed by atoms with E-state index in [1.807, 2.05) is 37.3 Å². The van der Waals surface area contributed by atoms with Gasteiger partial charge in [0, 0.05) is 44.4 Å². The van der Waals surface area contributed by atoms with Crippen LogP contribution in [0.2, 0.25) is 0 Å². The highest BCUT2D eigenvalue weighted by Crippen LogP contribution is 2.34. The van der Waals surface area contributed by atoms with E-state index in [9.17, 15) is 13.2 Å². The molecule has 2 aromatic rings. The Bertz CT molecular complexity index is 1040. The third-order valence-corrected chi connectivity index (χ3v) is 7.49. The van der Waals surface area contributed by atoms with E-state index in [0.717, 1.165) is 16.8 Å². The number of aromatic nitrogens is 2. The van der Waals surface area contributed by atoms with E-state index >= 15 is 0 Å². The summed E-state index contributed by atoms with van der Waals surface area (Å²) in [5.74, 6) is 1.21. The highest BCUT2D eigenvalue weighted by molar-refractivity contribution is 7.86. The van der Waals surface area contributed by atoms with Crippen molar-refractivity contribution in [3.63, 3.8) is 0 Å². The van der Waals surface area contributed by atoms with Gasteiger partial charge in [-0.3, -0.25) is 9.69 Å². The van der Waals surface area contributed by atoms with Gasteiger partial charge in [-0.05, 0) is 18.9 Å². The molecule has 0 aliphatic carbocycles. The minimum Gasteiger partial charge on any atom is -0.292 e. The Kier molecular flexibility index (Phi) is 5.14. The Morgan fingerprint density at radius 3 is 2.59 bits per heavy atom. The Hall–Kier alpha value is -2.36. The van der Waals surface area contributed by atoms with E-state index in [4.69, 9.17) is 4.98 Å². The molecule has 2 aliphatic rings. The molecule has 1 aromatic heterocycles. The first-order valence-corrected chi connectivity index (χ1v) is 11.1. The zero-order valence-electron chi connectivity index (χ0n) is 16.9. The van der Waals surface area contributed by atoms with Crippen LogP contribution in [0.25, 0.3) is 0 Å². The zero-order valence-corrected chi connectivity index (χ0v) is 17.7. The maximum atomic E-state index is 12.6. The van der Waals surface area contributed by atoms with E-state index < -0.39 is 10.2 Å². The van der Waals surface area contributed by atoms with Crippen LogP contribution in [0.4, 0.5) is 5.82 Å². The fourth-order valence-corrected chi connectivity index (χ4v) is 5.05. The molecule has 154 valence electrons. The molecule has 1 fully saturated rings. The third kappa shape index (κ3) is 3.65. The van der Waals surface area contributed by atoms with Gasteiger partial charge in [0.15, 0.2) is 0 Å². The average Bonchev–Trinajstić information content (AvgIpc) is 3.29. The fourth-order valence-electron chi connectivity index (χ4n) is 3.89. The van der Waals surface area contributed by atoms with Crippen LogP contribution in [-0.2, 0) is 28.0 Å². The maximum Gasteiger partial charge on any atom is 0.281 e. The SMILES string of the molecule is Cc1nc([C@H]2CCN(S(=O)(=O)N(C)C)C2)nc2c1CC(=O)N2Cc1ccccc1. The van der Waals surface area contributed by atoms with Crippen LogP contribution < -0.4 is 4.90 Å². The van der Waals surface area contributed by atoms with Crippen LogP contribution in [0.3, 0.4) is 0 Å². The second-order valence-electron chi connectivity index (χ2n) is 7.75. The monoisotopic (exact) mass is 415 g/mol. The lowest BCUT2D eigenvalue weighted by Crippen LogP contribution is -2.38. The van der Waals surface area contributed by atoms with Gasteiger partial charge in [0.2, 0.25) is 5.91 Å². The third-order valence-electron chi connectivity index (χ3n) is 5.58. The molecule has 0 spiro atoms. The number of aryl methyl sites for hydroxylation is 1. The Morgan fingerprint density at radius 2 is 1.90 bits per heavy atom. The fraction of sp³-hybridized carbons (Fsp3) is 0.450. The van der Waals surface area contributed by atoms with E-state index in [2.05, 4.69) is 4.98 Å². The van der Waals surface area contributed by atoms with Gasteiger partial charge in [-0.25, -0.2) is 9.97 Å². The minimum atomic E-state index is -3.45. The highest BCUT2D eigenvalue weighted by Gasteiger charge is 2.37. The normalized spacial score (nSPS) is 19.9. The molecule has 1 aromatic carbocycles. The Labute approximate surface area is 171 Å². The minimum absolute atomic E-state index is 0.0154. The highest BCUT2D eigenvalue weighted by atomic mass is 32.2. The van der Waals surface area contributed by atoms with Crippen molar-refractivity contribution in [1.29, 1.82) is 0 Å². The van der Waals surface area contributed by atoms with Crippen molar-refractivity contribution in [2.45, 2.75) is 32.2 Å². The molecular weight excluding hydrogens is 390 g/mol. The molecule has 1 amide bonds. The van der Waals surface area contributed by atoms with Crippen molar-refractivity contribution in [2.24, 2.45) is 0 Å². The Balaban J connectivity index is 1.62. The summed E-state index contributed by atoms with van der Waals surface area (Å²) in [6.07, 6.45) is 0.970. The van der Waals surface area contributed by atoms with Gasteiger partial charge in [-0.1, -0.05) is 30.3 Å². The largest absolute Gasteiger partial charge is 0.292 e. The van der Waals surface area contributed by atoms with Gasteiger partial charge >= 0.3 is 0 Å². The number of carbonyl (C=O) groups is 1. The molecule has 9 heteroatoms. The number of hydrogen-bond donors (Lipinski definition) is 0. The van der Waals surface area contributed by atoms with Crippen LogP contribution in [0, 0.1) is 6.92 Å².